The van der Waals surface area contributed by atoms with Crippen LogP contribution in [0, 0.1) is 0 Å². The SMILES string of the molecule is CC(=O)c1ccc(NC(=O)C2CCC(=O)N2Cc2c[nH]c3ccccc23)cc1. The van der Waals surface area contributed by atoms with E-state index in [9.17, 15) is 14.4 Å². The Hall–Kier alpha value is -3.41. The molecule has 4 rings (SSSR count). The van der Waals surface area contributed by atoms with Crippen molar-refractivity contribution in [2.75, 3.05) is 5.32 Å². The molecule has 1 aliphatic rings. The summed E-state index contributed by atoms with van der Waals surface area (Å²) < 4.78 is 0. The number of hydrogen-bond donors (Lipinski definition) is 2. The highest BCUT2D eigenvalue weighted by molar-refractivity contribution is 6.00. The van der Waals surface area contributed by atoms with Crippen molar-refractivity contribution in [2.24, 2.45) is 0 Å². The van der Waals surface area contributed by atoms with Crippen molar-refractivity contribution in [1.82, 2.24) is 9.88 Å². The fraction of sp³-hybridized carbons (Fsp3) is 0.227. The topological polar surface area (TPSA) is 82.3 Å². The van der Waals surface area contributed by atoms with E-state index in [0.29, 0.717) is 30.6 Å². The highest BCUT2D eigenvalue weighted by Crippen LogP contribution is 2.26. The van der Waals surface area contributed by atoms with Crippen molar-refractivity contribution in [3.63, 3.8) is 0 Å². The van der Waals surface area contributed by atoms with Gasteiger partial charge < -0.3 is 15.2 Å². The molecule has 2 heterocycles. The number of amides is 2. The first-order valence-electron chi connectivity index (χ1n) is 9.29. The third kappa shape index (κ3) is 3.41. The number of nitrogens with one attached hydrogen (secondary N) is 2. The molecule has 0 bridgehead atoms. The molecule has 1 saturated heterocycles. The molecule has 142 valence electrons. The van der Waals surface area contributed by atoms with Crippen LogP contribution in [-0.2, 0) is 16.1 Å². The quantitative estimate of drug-likeness (QED) is 0.670. The van der Waals surface area contributed by atoms with Gasteiger partial charge in [0.05, 0.1) is 0 Å². The Morgan fingerprint density at radius 1 is 1.14 bits per heavy atom. The minimum Gasteiger partial charge on any atom is -0.361 e. The van der Waals surface area contributed by atoms with Gasteiger partial charge in [-0.05, 0) is 49.2 Å². The number of likely N-dealkylation sites (tertiary alicyclic amines) is 1. The molecule has 6 nitrogen and oxygen atoms in total. The molecular weight excluding hydrogens is 354 g/mol. The maximum absolute atomic E-state index is 12.8. The summed E-state index contributed by atoms with van der Waals surface area (Å²) in [5.41, 5.74) is 3.21. The first-order chi connectivity index (χ1) is 13.5. The fourth-order valence-electron chi connectivity index (χ4n) is 3.66. The summed E-state index contributed by atoms with van der Waals surface area (Å²) in [6, 6.07) is 14.2. The Kier molecular flexibility index (Phi) is 4.69. The molecule has 3 aromatic rings. The van der Waals surface area contributed by atoms with Crippen LogP contribution in [0.4, 0.5) is 5.69 Å². The number of benzene rings is 2. The second-order valence-corrected chi connectivity index (χ2v) is 7.06. The lowest BCUT2D eigenvalue weighted by atomic mass is 10.1. The summed E-state index contributed by atoms with van der Waals surface area (Å²) in [5.74, 6) is -0.247. The van der Waals surface area contributed by atoms with Crippen molar-refractivity contribution >= 4 is 34.2 Å². The van der Waals surface area contributed by atoms with Crippen LogP contribution in [-0.4, -0.2) is 33.5 Å². The molecule has 1 atom stereocenters. The molecule has 0 saturated carbocycles. The number of nitrogens with zero attached hydrogens (tertiary/aromatic N) is 1. The van der Waals surface area contributed by atoms with Crippen LogP contribution in [0.25, 0.3) is 10.9 Å². The van der Waals surface area contributed by atoms with Crippen LogP contribution in [0.2, 0.25) is 0 Å². The maximum atomic E-state index is 12.8. The molecule has 2 N–H and O–H groups in total. The van der Waals surface area contributed by atoms with Crippen LogP contribution < -0.4 is 5.32 Å². The lowest BCUT2D eigenvalue weighted by Crippen LogP contribution is -2.41. The van der Waals surface area contributed by atoms with E-state index in [0.717, 1.165) is 16.5 Å². The molecule has 6 heteroatoms. The smallest absolute Gasteiger partial charge is 0.247 e. The van der Waals surface area contributed by atoms with Gasteiger partial charge in [-0.1, -0.05) is 18.2 Å². The maximum Gasteiger partial charge on any atom is 0.247 e. The number of Topliss-reactive ketones (excluding diaryl/α,β-unsaturated/α-hetero) is 1. The second kappa shape index (κ2) is 7.31. The van der Waals surface area contributed by atoms with Gasteiger partial charge in [-0.2, -0.15) is 0 Å². The standard InChI is InChI=1S/C22H21N3O3/c1-14(26)15-6-8-17(9-7-15)24-22(28)20-10-11-21(27)25(20)13-16-12-23-19-5-3-2-4-18(16)19/h2-9,12,20,23H,10-11,13H2,1H3,(H,24,28). The predicted molar refractivity (Wildman–Crippen MR) is 107 cm³/mol. The van der Waals surface area contributed by atoms with Gasteiger partial charge in [-0.25, -0.2) is 0 Å². The predicted octanol–water partition coefficient (Wildman–Crippen LogP) is 3.50. The van der Waals surface area contributed by atoms with Gasteiger partial charge in [0.1, 0.15) is 6.04 Å². The third-order valence-corrected chi connectivity index (χ3v) is 5.21. The van der Waals surface area contributed by atoms with Crippen LogP contribution in [0.5, 0.6) is 0 Å². The van der Waals surface area contributed by atoms with E-state index in [-0.39, 0.29) is 17.6 Å². The number of hydrogen-bond acceptors (Lipinski definition) is 3. The molecule has 1 aromatic heterocycles. The molecule has 0 radical (unpaired) electrons. The molecule has 28 heavy (non-hydrogen) atoms. The molecule has 0 spiro atoms. The zero-order valence-corrected chi connectivity index (χ0v) is 15.6. The average Bonchev–Trinajstić information content (AvgIpc) is 3.27. The van der Waals surface area contributed by atoms with Crippen LogP contribution in [0.15, 0.2) is 54.7 Å². The van der Waals surface area contributed by atoms with Gasteiger partial charge >= 0.3 is 0 Å². The Bertz CT molecular complexity index is 1050. The number of fused-ring (bicyclic) bond motifs is 1. The first kappa shape index (κ1) is 18.0. The van der Waals surface area contributed by atoms with Crippen molar-refractivity contribution in [1.29, 1.82) is 0 Å². The molecule has 1 fully saturated rings. The third-order valence-electron chi connectivity index (χ3n) is 5.21. The number of aromatic amines is 1. The number of carbonyl (C=O) groups excluding carboxylic acids is 3. The highest BCUT2D eigenvalue weighted by Gasteiger charge is 2.36. The minimum atomic E-state index is -0.506. The van der Waals surface area contributed by atoms with E-state index in [4.69, 9.17) is 0 Å². The van der Waals surface area contributed by atoms with Crippen LogP contribution in [0.3, 0.4) is 0 Å². The van der Waals surface area contributed by atoms with E-state index in [1.807, 2.05) is 30.5 Å². The Labute approximate surface area is 162 Å². The van der Waals surface area contributed by atoms with Crippen molar-refractivity contribution in [3.05, 3.63) is 65.9 Å². The van der Waals surface area contributed by atoms with Gasteiger partial charge in [0, 0.05) is 41.3 Å². The van der Waals surface area contributed by atoms with Crippen LogP contribution in [0.1, 0.15) is 35.7 Å². The van der Waals surface area contributed by atoms with E-state index in [2.05, 4.69) is 10.3 Å². The monoisotopic (exact) mass is 375 g/mol. The Morgan fingerprint density at radius 3 is 2.64 bits per heavy atom. The summed E-state index contributed by atoms with van der Waals surface area (Å²) >= 11 is 0. The number of rotatable bonds is 5. The number of para-hydroxylation sites is 1. The Balaban J connectivity index is 1.50. The average molecular weight is 375 g/mol. The zero-order valence-electron chi connectivity index (χ0n) is 15.6. The largest absolute Gasteiger partial charge is 0.361 e. The van der Waals surface area contributed by atoms with Gasteiger partial charge in [-0.3, -0.25) is 14.4 Å². The number of aromatic nitrogens is 1. The molecule has 1 unspecified atom stereocenters. The minimum absolute atomic E-state index is 0.0163. The fourth-order valence-corrected chi connectivity index (χ4v) is 3.66. The molecule has 0 aliphatic carbocycles. The summed E-state index contributed by atoms with van der Waals surface area (Å²) in [6.45, 7) is 1.89. The van der Waals surface area contributed by atoms with Crippen molar-refractivity contribution < 1.29 is 14.4 Å². The number of H-pyrrole nitrogens is 1. The second-order valence-electron chi connectivity index (χ2n) is 7.06. The van der Waals surface area contributed by atoms with E-state index >= 15 is 0 Å². The van der Waals surface area contributed by atoms with Gasteiger partial charge in [0.2, 0.25) is 11.8 Å². The summed E-state index contributed by atoms with van der Waals surface area (Å²) in [6.07, 6.45) is 2.76. The van der Waals surface area contributed by atoms with E-state index in [1.165, 1.54) is 6.92 Å². The molecule has 2 aromatic carbocycles. The van der Waals surface area contributed by atoms with E-state index < -0.39 is 6.04 Å². The van der Waals surface area contributed by atoms with Gasteiger partial charge in [0.15, 0.2) is 5.78 Å². The molecule has 2 amide bonds. The lowest BCUT2D eigenvalue weighted by Gasteiger charge is -2.24. The zero-order chi connectivity index (χ0) is 19.7. The highest BCUT2D eigenvalue weighted by atomic mass is 16.2. The number of carbonyl (C=O) groups is 3. The lowest BCUT2D eigenvalue weighted by molar-refractivity contribution is -0.133. The Morgan fingerprint density at radius 2 is 1.89 bits per heavy atom. The van der Waals surface area contributed by atoms with Gasteiger partial charge in [0.25, 0.3) is 0 Å². The first-order valence-corrected chi connectivity index (χ1v) is 9.29. The molecular formula is C22H21N3O3. The summed E-state index contributed by atoms with van der Waals surface area (Å²) in [7, 11) is 0. The number of ketones is 1. The van der Waals surface area contributed by atoms with E-state index in [1.54, 1.807) is 29.2 Å². The van der Waals surface area contributed by atoms with Crippen LogP contribution >= 0.6 is 0 Å². The molecule has 1 aliphatic heterocycles. The van der Waals surface area contributed by atoms with Crippen molar-refractivity contribution in [3.8, 4) is 0 Å². The normalized spacial score (nSPS) is 16.5. The summed E-state index contributed by atoms with van der Waals surface area (Å²) in [5, 5.41) is 3.92. The summed E-state index contributed by atoms with van der Waals surface area (Å²) in [4.78, 5) is 41.5. The number of anilines is 1. The van der Waals surface area contributed by atoms with Gasteiger partial charge in [-0.15, -0.1) is 0 Å². The van der Waals surface area contributed by atoms with Crippen molar-refractivity contribution in [2.45, 2.75) is 32.4 Å².